The molecule has 1 aliphatic heterocycles. The summed E-state index contributed by atoms with van der Waals surface area (Å²) in [6.45, 7) is 1.71. The number of azide groups is 1. The van der Waals surface area contributed by atoms with E-state index < -0.39 is 24.4 Å². The maximum absolute atomic E-state index is 10.9. The Kier molecular flexibility index (Phi) is 5.08. The lowest BCUT2D eigenvalue weighted by atomic mass is 9.91. The van der Waals surface area contributed by atoms with Gasteiger partial charge in [-0.1, -0.05) is 11.2 Å². The predicted molar refractivity (Wildman–Crippen MR) is 95.6 cm³/mol. The Hall–Kier alpha value is -2.67. The zero-order valence-corrected chi connectivity index (χ0v) is 14.8. The van der Waals surface area contributed by atoms with Gasteiger partial charge in [-0.15, -0.1) is 0 Å². The number of fused-ring (bicyclic) bond motifs is 1. The van der Waals surface area contributed by atoms with Gasteiger partial charge in [0, 0.05) is 15.9 Å². The molecule has 1 fully saturated rings. The summed E-state index contributed by atoms with van der Waals surface area (Å²) < 4.78 is 16.6. The Labute approximate surface area is 150 Å². The third kappa shape index (κ3) is 2.99. The number of aliphatic hydroxyl groups excluding tert-OH is 1. The average Bonchev–Trinajstić information content (AvgIpc) is 2.65. The number of phenolic OH excluding ortho intramolecular Hbond substituents is 1. The number of ether oxygens (including phenoxy) is 3. The van der Waals surface area contributed by atoms with E-state index in [1.165, 1.54) is 7.11 Å². The van der Waals surface area contributed by atoms with Crippen molar-refractivity contribution in [3.05, 3.63) is 40.3 Å². The van der Waals surface area contributed by atoms with E-state index in [-0.39, 0.29) is 12.2 Å². The van der Waals surface area contributed by atoms with Crippen LogP contribution >= 0.6 is 0 Å². The average molecular weight is 359 g/mol. The fraction of sp³-hybridized carbons (Fsp3) is 0.444. The summed E-state index contributed by atoms with van der Waals surface area (Å²) in [4.78, 5) is 2.81. The van der Waals surface area contributed by atoms with Crippen LogP contribution in [-0.2, 0) is 4.74 Å². The Balaban J connectivity index is 2.11. The molecule has 0 amide bonds. The van der Waals surface area contributed by atoms with Gasteiger partial charge in [-0.2, -0.15) is 0 Å². The molecule has 1 aliphatic rings. The molecule has 2 N–H and O–H groups in total. The zero-order chi connectivity index (χ0) is 18.8. The summed E-state index contributed by atoms with van der Waals surface area (Å²) in [6.07, 6.45) is -1.68. The van der Waals surface area contributed by atoms with Crippen molar-refractivity contribution in [2.24, 2.45) is 5.11 Å². The molecule has 8 heteroatoms. The first-order chi connectivity index (χ1) is 12.5. The van der Waals surface area contributed by atoms with Crippen molar-refractivity contribution in [1.29, 1.82) is 0 Å². The van der Waals surface area contributed by atoms with E-state index in [1.54, 1.807) is 32.2 Å². The minimum atomic E-state index is -0.889. The van der Waals surface area contributed by atoms with Crippen LogP contribution in [-0.4, -0.2) is 42.7 Å². The predicted octanol–water partition coefficient (Wildman–Crippen LogP) is 3.45. The second-order valence-corrected chi connectivity index (χ2v) is 6.22. The summed E-state index contributed by atoms with van der Waals surface area (Å²) in [7, 11) is 3.09. The Morgan fingerprint density at radius 3 is 2.54 bits per heavy atom. The lowest BCUT2D eigenvalue weighted by Gasteiger charge is -2.36. The zero-order valence-electron chi connectivity index (χ0n) is 14.8. The summed E-state index contributed by atoms with van der Waals surface area (Å²) in [5, 5.41) is 26.0. The van der Waals surface area contributed by atoms with E-state index in [1.807, 2.05) is 6.07 Å². The lowest BCUT2D eigenvalue weighted by molar-refractivity contribution is -0.119. The molecule has 0 aliphatic carbocycles. The highest BCUT2D eigenvalue weighted by atomic mass is 16.5. The molecule has 0 spiro atoms. The van der Waals surface area contributed by atoms with Crippen molar-refractivity contribution in [3.63, 3.8) is 0 Å². The second-order valence-electron chi connectivity index (χ2n) is 6.22. The highest BCUT2D eigenvalue weighted by Gasteiger charge is 2.36. The normalized spacial score (nSPS) is 25.5. The molecule has 4 atom stereocenters. The standard InChI is InChI=1S/C18H21N3O5/c1-9-17(22)12(20-21-19)8-15(26-9)11-5-4-10-13(24-2)6-7-14(25-3)16(10)18(11)23/h4-7,9,12,15,17,22-23H,8H2,1-3H3/t9-,12-,15-,17-/m0/s1. The van der Waals surface area contributed by atoms with Gasteiger partial charge in [-0.05, 0) is 37.1 Å². The summed E-state index contributed by atoms with van der Waals surface area (Å²) in [5.74, 6) is 1.14. The van der Waals surface area contributed by atoms with Crippen molar-refractivity contribution >= 4 is 10.8 Å². The number of benzene rings is 2. The topological polar surface area (TPSA) is 117 Å². The molecule has 0 aromatic heterocycles. The van der Waals surface area contributed by atoms with Gasteiger partial charge in [-0.25, -0.2) is 0 Å². The van der Waals surface area contributed by atoms with Crippen LogP contribution < -0.4 is 9.47 Å². The maximum Gasteiger partial charge on any atom is 0.133 e. The second kappa shape index (κ2) is 7.29. The molecule has 138 valence electrons. The van der Waals surface area contributed by atoms with Crippen molar-refractivity contribution in [3.8, 4) is 17.2 Å². The van der Waals surface area contributed by atoms with Gasteiger partial charge in [0.25, 0.3) is 0 Å². The molecule has 2 aromatic carbocycles. The molecule has 0 radical (unpaired) electrons. The number of aromatic hydroxyl groups is 1. The number of rotatable bonds is 4. The Morgan fingerprint density at radius 1 is 1.19 bits per heavy atom. The third-order valence-corrected chi connectivity index (χ3v) is 4.80. The first-order valence-corrected chi connectivity index (χ1v) is 8.26. The quantitative estimate of drug-likeness (QED) is 0.492. The fourth-order valence-electron chi connectivity index (χ4n) is 3.44. The van der Waals surface area contributed by atoms with Crippen LogP contribution in [0.15, 0.2) is 29.4 Å². The lowest BCUT2D eigenvalue weighted by Crippen LogP contribution is -2.42. The molecule has 1 heterocycles. The van der Waals surface area contributed by atoms with Gasteiger partial charge in [0.15, 0.2) is 0 Å². The van der Waals surface area contributed by atoms with Crippen molar-refractivity contribution in [2.75, 3.05) is 14.2 Å². The van der Waals surface area contributed by atoms with Crippen LogP contribution in [0.2, 0.25) is 0 Å². The van der Waals surface area contributed by atoms with Crippen LogP contribution in [0.4, 0.5) is 0 Å². The smallest absolute Gasteiger partial charge is 0.133 e. The molecule has 26 heavy (non-hydrogen) atoms. The van der Waals surface area contributed by atoms with E-state index in [0.29, 0.717) is 27.8 Å². The van der Waals surface area contributed by atoms with Crippen LogP contribution in [0.3, 0.4) is 0 Å². The van der Waals surface area contributed by atoms with Gasteiger partial charge in [0.1, 0.15) is 17.2 Å². The number of nitrogens with zero attached hydrogens (tertiary/aromatic N) is 3. The van der Waals surface area contributed by atoms with Crippen molar-refractivity contribution in [1.82, 2.24) is 0 Å². The monoisotopic (exact) mass is 359 g/mol. The van der Waals surface area contributed by atoms with E-state index in [2.05, 4.69) is 10.0 Å². The van der Waals surface area contributed by atoms with Gasteiger partial charge >= 0.3 is 0 Å². The molecule has 0 bridgehead atoms. The first kappa shape index (κ1) is 18.1. The van der Waals surface area contributed by atoms with Crippen molar-refractivity contribution in [2.45, 2.75) is 37.7 Å². The summed E-state index contributed by atoms with van der Waals surface area (Å²) >= 11 is 0. The van der Waals surface area contributed by atoms with Crippen molar-refractivity contribution < 1.29 is 24.4 Å². The van der Waals surface area contributed by atoms with Gasteiger partial charge < -0.3 is 24.4 Å². The van der Waals surface area contributed by atoms with Crippen LogP contribution in [0.1, 0.15) is 25.0 Å². The molecule has 0 saturated carbocycles. The number of aliphatic hydroxyl groups is 1. The first-order valence-electron chi connectivity index (χ1n) is 8.26. The maximum atomic E-state index is 10.9. The Morgan fingerprint density at radius 2 is 1.88 bits per heavy atom. The molecule has 1 saturated heterocycles. The number of phenols is 1. The largest absolute Gasteiger partial charge is 0.507 e. The molecule has 0 unspecified atom stereocenters. The van der Waals surface area contributed by atoms with E-state index in [0.717, 1.165) is 0 Å². The van der Waals surface area contributed by atoms with Gasteiger partial charge in [-0.3, -0.25) is 0 Å². The Bertz CT molecular complexity index is 866. The summed E-state index contributed by atoms with van der Waals surface area (Å²) in [6, 6.07) is 6.45. The van der Waals surface area contributed by atoms with Crippen LogP contribution in [0, 0.1) is 0 Å². The van der Waals surface area contributed by atoms with Gasteiger partial charge in [0.2, 0.25) is 0 Å². The minimum absolute atomic E-state index is 0.0199. The molecule has 8 nitrogen and oxygen atoms in total. The molecule has 3 rings (SSSR count). The van der Waals surface area contributed by atoms with E-state index in [9.17, 15) is 10.2 Å². The number of hydrogen-bond acceptors (Lipinski definition) is 6. The van der Waals surface area contributed by atoms with Gasteiger partial charge in [0.05, 0.1) is 44.0 Å². The highest BCUT2D eigenvalue weighted by Crippen LogP contribution is 2.45. The fourth-order valence-corrected chi connectivity index (χ4v) is 3.44. The molecular weight excluding hydrogens is 338 g/mol. The number of methoxy groups -OCH3 is 2. The van der Waals surface area contributed by atoms with Crippen LogP contribution in [0.25, 0.3) is 21.2 Å². The van der Waals surface area contributed by atoms with Crippen LogP contribution in [0.5, 0.6) is 17.2 Å². The van der Waals surface area contributed by atoms with E-state index in [4.69, 9.17) is 19.7 Å². The summed E-state index contributed by atoms with van der Waals surface area (Å²) in [5.41, 5.74) is 9.27. The molecule has 2 aromatic rings. The van der Waals surface area contributed by atoms with E-state index >= 15 is 0 Å². The SMILES string of the molecule is COc1ccc(OC)c2c(O)c([C@@H]3C[C@H](N=[N+]=[N-])[C@@H](O)[C@H](C)O3)ccc12. The third-order valence-electron chi connectivity index (χ3n) is 4.80. The molecular formula is C18H21N3O5. The minimum Gasteiger partial charge on any atom is -0.507 e. The number of hydrogen-bond donors (Lipinski definition) is 2. The highest BCUT2D eigenvalue weighted by molar-refractivity contribution is 5.98.